The van der Waals surface area contributed by atoms with Crippen LogP contribution in [0, 0.1) is 0 Å². The summed E-state index contributed by atoms with van der Waals surface area (Å²) in [5.41, 5.74) is 8.11. The van der Waals surface area contributed by atoms with Gasteiger partial charge in [-0.15, -0.1) is 0 Å². The predicted molar refractivity (Wildman–Crippen MR) is 64.5 cm³/mol. The number of rotatable bonds is 4. The van der Waals surface area contributed by atoms with Gasteiger partial charge in [-0.05, 0) is 19.8 Å². The number of nitrogens with two attached hydrogens (primary N) is 1. The number of nitrogens with zero attached hydrogens (tertiary/aromatic N) is 3. The Bertz CT molecular complexity index is 417. The highest BCUT2D eigenvalue weighted by Gasteiger charge is 2.33. The highest BCUT2D eigenvalue weighted by molar-refractivity contribution is 5.51. The highest BCUT2D eigenvalue weighted by atomic mass is 16.5. The summed E-state index contributed by atoms with van der Waals surface area (Å²) in [5, 5.41) is 0. The lowest BCUT2D eigenvalue weighted by atomic mass is 10.2. The van der Waals surface area contributed by atoms with Crippen molar-refractivity contribution in [2.24, 2.45) is 5.73 Å². The van der Waals surface area contributed by atoms with Crippen molar-refractivity contribution in [3.05, 3.63) is 17.6 Å². The average Bonchev–Trinajstić information content (AvgIpc) is 3.02. The SMILES string of the molecule is CC(N)CN(c1ncnc2c1COC2)C1CC1. The largest absolute Gasteiger partial charge is 0.370 e. The summed E-state index contributed by atoms with van der Waals surface area (Å²) >= 11 is 0. The van der Waals surface area contributed by atoms with E-state index < -0.39 is 0 Å². The van der Waals surface area contributed by atoms with Crippen LogP contribution in [-0.2, 0) is 18.0 Å². The molecule has 0 aromatic carbocycles. The Hall–Kier alpha value is -1.20. The summed E-state index contributed by atoms with van der Waals surface area (Å²) < 4.78 is 5.45. The zero-order valence-corrected chi connectivity index (χ0v) is 10.1. The van der Waals surface area contributed by atoms with E-state index in [4.69, 9.17) is 10.5 Å². The predicted octanol–water partition coefficient (Wildman–Crippen LogP) is 0.823. The zero-order chi connectivity index (χ0) is 11.8. The monoisotopic (exact) mass is 234 g/mol. The molecule has 3 rings (SSSR count). The van der Waals surface area contributed by atoms with Crippen molar-refractivity contribution in [3.63, 3.8) is 0 Å². The van der Waals surface area contributed by atoms with E-state index in [2.05, 4.69) is 14.9 Å². The summed E-state index contributed by atoms with van der Waals surface area (Å²) in [6, 6.07) is 0.768. The first-order valence-corrected chi connectivity index (χ1v) is 6.18. The fourth-order valence-corrected chi connectivity index (χ4v) is 2.31. The maximum atomic E-state index is 5.93. The molecule has 92 valence electrons. The molecule has 0 amide bonds. The van der Waals surface area contributed by atoms with E-state index in [1.807, 2.05) is 6.92 Å². The molecule has 2 aliphatic rings. The van der Waals surface area contributed by atoms with Gasteiger partial charge in [0, 0.05) is 24.2 Å². The molecule has 1 atom stereocenters. The summed E-state index contributed by atoms with van der Waals surface area (Å²) in [4.78, 5) is 11.0. The molecule has 0 radical (unpaired) electrons. The van der Waals surface area contributed by atoms with E-state index >= 15 is 0 Å². The van der Waals surface area contributed by atoms with E-state index in [9.17, 15) is 0 Å². The molecule has 1 unspecified atom stereocenters. The molecule has 17 heavy (non-hydrogen) atoms. The lowest BCUT2D eigenvalue weighted by molar-refractivity contribution is 0.133. The van der Waals surface area contributed by atoms with Crippen LogP contribution in [0.3, 0.4) is 0 Å². The molecule has 5 nitrogen and oxygen atoms in total. The topological polar surface area (TPSA) is 64.3 Å². The Labute approximate surface area is 101 Å². The van der Waals surface area contributed by atoms with Crippen molar-refractivity contribution in [2.75, 3.05) is 11.4 Å². The van der Waals surface area contributed by atoms with Crippen molar-refractivity contribution in [3.8, 4) is 0 Å². The lowest BCUT2D eigenvalue weighted by Crippen LogP contribution is -2.38. The molecule has 0 bridgehead atoms. The molecule has 0 saturated heterocycles. The van der Waals surface area contributed by atoms with Gasteiger partial charge in [0.05, 0.1) is 18.9 Å². The minimum atomic E-state index is 0.156. The molecule has 2 heterocycles. The Morgan fingerprint density at radius 2 is 2.29 bits per heavy atom. The molecule has 1 saturated carbocycles. The Morgan fingerprint density at radius 1 is 1.47 bits per heavy atom. The Kier molecular flexibility index (Phi) is 2.72. The molecule has 1 aliphatic heterocycles. The van der Waals surface area contributed by atoms with Crippen LogP contribution in [0.15, 0.2) is 6.33 Å². The van der Waals surface area contributed by atoms with Crippen LogP contribution in [0.5, 0.6) is 0 Å². The first-order chi connectivity index (χ1) is 8.25. The highest BCUT2D eigenvalue weighted by Crippen LogP contribution is 2.34. The Morgan fingerprint density at radius 3 is 3.00 bits per heavy atom. The van der Waals surface area contributed by atoms with Crippen molar-refractivity contribution in [1.29, 1.82) is 0 Å². The summed E-state index contributed by atoms with van der Waals surface area (Å²) in [6.07, 6.45) is 4.12. The average molecular weight is 234 g/mol. The van der Waals surface area contributed by atoms with Gasteiger partial charge in [-0.1, -0.05) is 0 Å². The standard InChI is InChI=1S/C12H18N4O/c1-8(13)4-16(9-2-3-9)12-10-5-17-6-11(10)14-7-15-12/h7-9H,2-6,13H2,1H3. The van der Waals surface area contributed by atoms with Crippen LogP contribution in [0.2, 0.25) is 0 Å². The number of hydrogen-bond acceptors (Lipinski definition) is 5. The van der Waals surface area contributed by atoms with Gasteiger partial charge >= 0.3 is 0 Å². The number of aromatic nitrogens is 2. The van der Waals surface area contributed by atoms with Crippen molar-refractivity contribution in [1.82, 2.24) is 9.97 Å². The van der Waals surface area contributed by atoms with Crippen molar-refractivity contribution < 1.29 is 4.74 Å². The number of fused-ring (bicyclic) bond motifs is 1. The fraction of sp³-hybridized carbons (Fsp3) is 0.667. The van der Waals surface area contributed by atoms with Gasteiger partial charge < -0.3 is 15.4 Å². The van der Waals surface area contributed by atoms with E-state index in [1.165, 1.54) is 12.8 Å². The van der Waals surface area contributed by atoms with E-state index in [-0.39, 0.29) is 6.04 Å². The van der Waals surface area contributed by atoms with Gasteiger partial charge in [0.25, 0.3) is 0 Å². The third-order valence-corrected chi connectivity index (χ3v) is 3.24. The first-order valence-electron chi connectivity index (χ1n) is 6.18. The maximum Gasteiger partial charge on any atom is 0.138 e. The number of hydrogen-bond donors (Lipinski definition) is 1. The van der Waals surface area contributed by atoms with Gasteiger partial charge in [0.2, 0.25) is 0 Å². The van der Waals surface area contributed by atoms with Crippen LogP contribution in [-0.4, -0.2) is 28.6 Å². The second-order valence-electron chi connectivity index (χ2n) is 4.98. The fourth-order valence-electron chi connectivity index (χ4n) is 2.31. The minimum absolute atomic E-state index is 0.156. The van der Waals surface area contributed by atoms with Crippen molar-refractivity contribution in [2.45, 2.75) is 45.1 Å². The van der Waals surface area contributed by atoms with Crippen LogP contribution in [0.4, 0.5) is 5.82 Å². The zero-order valence-electron chi connectivity index (χ0n) is 10.1. The summed E-state index contributed by atoms with van der Waals surface area (Å²) in [6.45, 7) is 4.14. The molecular formula is C12H18N4O. The smallest absolute Gasteiger partial charge is 0.138 e. The van der Waals surface area contributed by atoms with E-state index in [0.717, 1.165) is 23.6 Å². The summed E-state index contributed by atoms with van der Waals surface area (Å²) in [7, 11) is 0. The first kappa shape index (κ1) is 10.9. The van der Waals surface area contributed by atoms with Crippen LogP contribution >= 0.6 is 0 Å². The molecule has 1 aliphatic carbocycles. The van der Waals surface area contributed by atoms with Gasteiger partial charge in [0.15, 0.2) is 0 Å². The minimum Gasteiger partial charge on any atom is -0.370 e. The molecule has 5 heteroatoms. The lowest BCUT2D eigenvalue weighted by Gasteiger charge is -2.26. The molecule has 0 spiro atoms. The van der Waals surface area contributed by atoms with E-state index in [0.29, 0.717) is 19.3 Å². The van der Waals surface area contributed by atoms with Crippen LogP contribution in [0.25, 0.3) is 0 Å². The summed E-state index contributed by atoms with van der Waals surface area (Å²) in [5.74, 6) is 1.03. The quantitative estimate of drug-likeness (QED) is 0.835. The van der Waals surface area contributed by atoms with E-state index in [1.54, 1.807) is 6.33 Å². The third-order valence-electron chi connectivity index (χ3n) is 3.24. The van der Waals surface area contributed by atoms with Gasteiger partial charge in [-0.25, -0.2) is 9.97 Å². The van der Waals surface area contributed by atoms with Crippen LogP contribution in [0.1, 0.15) is 31.0 Å². The molecular weight excluding hydrogens is 216 g/mol. The molecule has 1 aromatic heterocycles. The van der Waals surface area contributed by atoms with Gasteiger partial charge in [-0.2, -0.15) is 0 Å². The van der Waals surface area contributed by atoms with Crippen LogP contribution < -0.4 is 10.6 Å². The second kappa shape index (κ2) is 4.23. The Balaban J connectivity index is 1.92. The third kappa shape index (κ3) is 2.12. The maximum absolute atomic E-state index is 5.93. The number of ether oxygens (including phenoxy) is 1. The van der Waals surface area contributed by atoms with Gasteiger partial charge in [-0.3, -0.25) is 0 Å². The number of anilines is 1. The molecule has 1 fully saturated rings. The normalized spacial score (nSPS) is 20.1. The van der Waals surface area contributed by atoms with Crippen molar-refractivity contribution >= 4 is 5.82 Å². The second-order valence-corrected chi connectivity index (χ2v) is 4.98. The molecule has 2 N–H and O–H groups in total. The van der Waals surface area contributed by atoms with Gasteiger partial charge in [0.1, 0.15) is 12.1 Å². The molecule has 1 aromatic rings.